The van der Waals surface area contributed by atoms with E-state index in [1.54, 1.807) is 0 Å². The summed E-state index contributed by atoms with van der Waals surface area (Å²) in [5.74, 6) is 0. The average Bonchev–Trinajstić information content (AvgIpc) is 2.37. The van der Waals surface area contributed by atoms with Gasteiger partial charge >= 0.3 is 0 Å². The second-order valence-corrected chi connectivity index (χ2v) is 5.48. The summed E-state index contributed by atoms with van der Waals surface area (Å²) in [5, 5.41) is 0. The number of unbranched alkanes of at least 4 members (excludes halogenated alkanes) is 4. The Labute approximate surface area is 116 Å². The van der Waals surface area contributed by atoms with Gasteiger partial charge in [0.15, 0.2) is 0 Å². The summed E-state index contributed by atoms with van der Waals surface area (Å²) in [4.78, 5) is 0. The summed E-state index contributed by atoms with van der Waals surface area (Å²) in [6.45, 7) is 9.00. The summed E-state index contributed by atoms with van der Waals surface area (Å²) in [6, 6.07) is 0. The van der Waals surface area contributed by atoms with Gasteiger partial charge in [0.2, 0.25) is 0 Å². The molecule has 0 aliphatic carbocycles. The molecule has 106 valence electrons. The molecule has 0 saturated carbocycles. The molecule has 0 aromatic heterocycles. The van der Waals surface area contributed by atoms with Crippen LogP contribution >= 0.6 is 0 Å². The fraction of sp³-hybridized carbons (Fsp3) is 0.778. The predicted octanol–water partition coefficient (Wildman–Crippen LogP) is 6.68. The Kier molecular flexibility index (Phi) is 11.2. The Balaban J connectivity index is 4.65. The molecule has 0 aromatic rings. The highest BCUT2D eigenvalue weighted by Crippen LogP contribution is 2.35. The van der Waals surface area contributed by atoms with E-state index in [4.69, 9.17) is 0 Å². The Bertz CT molecular complexity index is 224. The zero-order valence-corrected chi connectivity index (χ0v) is 13.2. The van der Waals surface area contributed by atoms with Crippen LogP contribution in [0.15, 0.2) is 24.3 Å². The van der Waals surface area contributed by atoms with Gasteiger partial charge in [0.05, 0.1) is 0 Å². The Hall–Kier alpha value is -0.520. The number of hydrogen-bond donors (Lipinski definition) is 0. The SMILES string of the molecule is CC=CC(C=CCCC)(CCCC)CCCCC. The quantitative estimate of drug-likeness (QED) is 0.283. The fourth-order valence-corrected chi connectivity index (χ4v) is 2.54. The van der Waals surface area contributed by atoms with Crippen molar-refractivity contribution >= 4 is 0 Å². The molecule has 0 amide bonds. The van der Waals surface area contributed by atoms with Crippen LogP contribution in [0, 0.1) is 5.41 Å². The molecule has 0 heteroatoms. The first-order valence-corrected chi connectivity index (χ1v) is 8.06. The summed E-state index contributed by atoms with van der Waals surface area (Å²) in [5.41, 5.74) is 0.342. The molecule has 0 radical (unpaired) electrons. The molecule has 0 fully saturated rings. The van der Waals surface area contributed by atoms with Crippen molar-refractivity contribution in [1.29, 1.82) is 0 Å². The van der Waals surface area contributed by atoms with Crippen molar-refractivity contribution in [2.24, 2.45) is 5.41 Å². The fourth-order valence-electron chi connectivity index (χ4n) is 2.54. The lowest BCUT2D eigenvalue weighted by atomic mass is 9.77. The minimum atomic E-state index is 0.342. The predicted molar refractivity (Wildman–Crippen MR) is 85.0 cm³/mol. The molecule has 0 aromatic carbocycles. The van der Waals surface area contributed by atoms with E-state index in [0.29, 0.717) is 5.41 Å². The molecule has 18 heavy (non-hydrogen) atoms. The third kappa shape index (κ3) is 7.74. The molecular formula is C18H34. The van der Waals surface area contributed by atoms with Crippen molar-refractivity contribution in [3.63, 3.8) is 0 Å². The van der Waals surface area contributed by atoms with Crippen LogP contribution in [0.1, 0.15) is 85.5 Å². The van der Waals surface area contributed by atoms with E-state index >= 15 is 0 Å². The highest BCUT2D eigenvalue weighted by molar-refractivity contribution is 5.11. The van der Waals surface area contributed by atoms with Gasteiger partial charge in [0.25, 0.3) is 0 Å². The standard InChI is InChI=1S/C18H34/c1-5-9-12-16-18(14-8-4,15-11-7-3)17-13-10-6-2/h8,12,14,16H,5-7,9-11,13,15,17H2,1-4H3. The van der Waals surface area contributed by atoms with Crippen LogP contribution in [0.2, 0.25) is 0 Å². The highest BCUT2D eigenvalue weighted by Gasteiger charge is 2.22. The van der Waals surface area contributed by atoms with Gasteiger partial charge in [-0.1, -0.05) is 83.6 Å². The van der Waals surface area contributed by atoms with Crippen LogP contribution in [-0.2, 0) is 0 Å². The van der Waals surface area contributed by atoms with E-state index in [1.165, 1.54) is 57.8 Å². The lowest BCUT2D eigenvalue weighted by Gasteiger charge is -2.28. The molecule has 0 nitrogen and oxygen atoms in total. The van der Waals surface area contributed by atoms with Crippen molar-refractivity contribution in [1.82, 2.24) is 0 Å². The molecular weight excluding hydrogens is 216 g/mol. The van der Waals surface area contributed by atoms with Gasteiger partial charge in [-0.15, -0.1) is 0 Å². The van der Waals surface area contributed by atoms with E-state index in [0.717, 1.165) is 0 Å². The monoisotopic (exact) mass is 250 g/mol. The van der Waals surface area contributed by atoms with Gasteiger partial charge < -0.3 is 0 Å². The maximum absolute atomic E-state index is 2.50. The van der Waals surface area contributed by atoms with Crippen LogP contribution in [-0.4, -0.2) is 0 Å². The van der Waals surface area contributed by atoms with Gasteiger partial charge in [0, 0.05) is 5.41 Å². The lowest BCUT2D eigenvalue weighted by Crippen LogP contribution is -2.15. The molecule has 0 aliphatic rings. The van der Waals surface area contributed by atoms with Gasteiger partial charge in [-0.2, -0.15) is 0 Å². The molecule has 0 rings (SSSR count). The van der Waals surface area contributed by atoms with E-state index < -0.39 is 0 Å². The van der Waals surface area contributed by atoms with Crippen LogP contribution in [0.5, 0.6) is 0 Å². The summed E-state index contributed by atoms with van der Waals surface area (Å²) >= 11 is 0. The van der Waals surface area contributed by atoms with E-state index in [1.807, 2.05) is 0 Å². The lowest BCUT2D eigenvalue weighted by molar-refractivity contribution is 0.379. The number of allylic oxidation sites excluding steroid dienone is 4. The summed E-state index contributed by atoms with van der Waals surface area (Å²) < 4.78 is 0. The zero-order chi connectivity index (χ0) is 13.7. The average molecular weight is 250 g/mol. The van der Waals surface area contributed by atoms with E-state index in [2.05, 4.69) is 52.0 Å². The van der Waals surface area contributed by atoms with Gasteiger partial charge in [-0.25, -0.2) is 0 Å². The topological polar surface area (TPSA) is 0 Å². The molecule has 1 atom stereocenters. The molecule has 0 spiro atoms. The largest absolute Gasteiger partial charge is 0.0908 e. The Morgan fingerprint density at radius 1 is 0.778 bits per heavy atom. The van der Waals surface area contributed by atoms with Gasteiger partial charge in [-0.3, -0.25) is 0 Å². The summed E-state index contributed by atoms with van der Waals surface area (Å²) in [6.07, 6.45) is 21.4. The van der Waals surface area contributed by atoms with Crippen LogP contribution in [0.3, 0.4) is 0 Å². The molecule has 0 aliphatic heterocycles. The normalized spacial score (nSPS) is 15.6. The van der Waals surface area contributed by atoms with Crippen molar-refractivity contribution in [3.05, 3.63) is 24.3 Å². The maximum Gasteiger partial charge on any atom is 0.00608 e. The first-order valence-electron chi connectivity index (χ1n) is 8.06. The first-order chi connectivity index (χ1) is 8.74. The minimum Gasteiger partial charge on any atom is -0.0908 e. The van der Waals surface area contributed by atoms with Gasteiger partial charge in [-0.05, 0) is 26.2 Å². The van der Waals surface area contributed by atoms with E-state index in [9.17, 15) is 0 Å². The van der Waals surface area contributed by atoms with E-state index in [-0.39, 0.29) is 0 Å². The second-order valence-electron chi connectivity index (χ2n) is 5.48. The van der Waals surface area contributed by atoms with Crippen LogP contribution in [0.4, 0.5) is 0 Å². The van der Waals surface area contributed by atoms with Gasteiger partial charge in [0.1, 0.15) is 0 Å². The third-order valence-electron chi connectivity index (χ3n) is 3.65. The van der Waals surface area contributed by atoms with Crippen molar-refractivity contribution in [2.45, 2.75) is 85.5 Å². The molecule has 0 heterocycles. The first kappa shape index (κ1) is 17.5. The Morgan fingerprint density at radius 3 is 2.00 bits per heavy atom. The molecule has 0 saturated heterocycles. The highest BCUT2D eigenvalue weighted by atomic mass is 14.3. The second kappa shape index (κ2) is 11.6. The molecule has 0 N–H and O–H groups in total. The summed E-state index contributed by atoms with van der Waals surface area (Å²) in [7, 11) is 0. The number of hydrogen-bond acceptors (Lipinski definition) is 0. The smallest absolute Gasteiger partial charge is 0.00608 e. The molecule has 0 bridgehead atoms. The van der Waals surface area contributed by atoms with Crippen LogP contribution < -0.4 is 0 Å². The Morgan fingerprint density at radius 2 is 1.44 bits per heavy atom. The zero-order valence-electron chi connectivity index (χ0n) is 13.2. The number of rotatable bonds is 11. The van der Waals surface area contributed by atoms with Crippen molar-refractivity contribution in [3.8, 4) is 0 Å². The maximum atomic E-state index is 2.50. The third-order valence-corrected chi connectivity index (χ3v) is 3.65. The van der Waals surface area contributed by atoms with Crippen molar-refractivity contribution in [2.75, 3.05) is 0 Å². The van der Waals surface area contributed by atoms with Crippen molar-refractivity contribution < 1.29 is 0 Å². The minimum absolute atomic E-state index is 0.342. The molecule has 1 unspecified atom stereocenters. The van der Waals surface area contributed by atoms with Crippen LogP contribution in [0.25, 0.3) is 0 Å².